The maximum absolute atomic E-state index is 13.1. The van der Waals surface area contributed by atoms with Gasteiger partial charge in [-0.25, -0.2) is 9.07 Å². The van der Waals surface area contributed by atoms with E-state index < -0.39 is 0 Å². The number of amides is 1. The highest BCUT2D eigenvalue weighted by Crippen LogP contribution is 2.09. The fourth-order valence-electron chi connectivity index (χ4n) is 2.18. The molecule has 0 saturated heterocycles. The number of aromatic nitrogens is 4. The third-order valence-corrected chi connectivity index (χ3v) is 3.31. The number of hydrogen-bond donors (Lipinski definition) is 1. The number of halogens is 1. The highest BCUT2D eigenvalue weighted by Gasteiger charge is 2.07. The number of hydrogen-bond acceptors (Lipinski definition) is 4. The summed E-state index contributed by atoms with van der Waals surface area (Å²) in [5.41, 5.74) is 2.05. The lowest BCUT2D eigenvalue weighted by Gasteiger charge is -2.07. The number of carbonyl (C=O) groups excluding carboxylic acids is 1. The number of nitrogens with one attached hydrogen (secondary N) is 1. The SMILES string of the molecule is O=C(NCCc1cccc(F)c1)c1cccc(-n2cnnn2)c1. The van der Waals surface area contributed by atoms with Crippen molar-refractivity contribution in [3.8, 4) is 5.69 Å². The van der Waals surface area contributed by atoms with Crippen LogP contribution in [0.2, 0.25) is 0 Å². The smallest absolute Gasteiger partial charge is 0.251 e. The molecule has 6 nitrogen and oxygen atoms in total. The van der Waals surface area contributed by atoms with Crippen molar-refractivity contribution in [1.82, 2.24) is 25.5 Å². The van der Waals surface area contributed by atoms with Crippen molar-refractivity contribution in [2.24, 2.45) is 0 Å². The van der Waals surface area contributed by atoms with Crippen LogP contribution < -0.4 is 5.32 Å². The van der Waals surface area contributed by atoms with Gasteiger partial charge < -0.3 is 5.32 Å². The van der Waals surface area contributed by atoms with Crippen molar-refractivity contribution >= 4 is 5.91 Å². The molecule has 0 aliphatic carbocycles. The lowest BCUT2D eigenvalue weighted by atomic mass is 10.1. The van der Waals surface area contributed by atoms with E-state index in [1.807, 2.05) is 6.07 Å². The number of carbonyl (C=O) groups is 1. The molecule has 2 aromatic carbocycles. The summed E-state index contributed by atoms with van der Waals surface area (Å²) >= 11 is 0. The van der Waals surface area contributed by atoms with E-state index in [9.17, 15) is 9.18 Å². The first-order valence-electron chi connectivity index (χ1n) is 7.08. The van der Waals surface area contributed by atoms with Crippen LogP contribution in [0.25, 0.3) is 5.69 Å². The Balaban J connectivity index is 1.61. The average Bonchev–Trinajstić information content (AvgIpc) is 3.09. The van der Waals surface area contributed by atoms with Gasteiger partial charge in [-0.3, -0.25) is 4.79 Å². The molecule has 1 N–H and O–H groups in total. The zero-order valence-corrected chi connectivity index (χ0v) is 12.2. The lowest BCUT2D eigenvalue weighted by molar-refractivity contribution is 0.0954. The average molecular weight is 311 g/mol. The van der Waals surface area contributed by atoms with Crippen LogP contribution in [0.4, 0.5) is 4.39 Å². The predicted octanol–water partition coefficient (Wildman–Crippen LogP) is 1.77. The number of nitrogens with zero attached hydrogens (tertiary/aromatic N) is 4. The molecule has 0 aliphatic rings. The topological polar surface area (TPSA) is 72.7 Å². The van der Waals surface area contributed by atoms with Crippen molar-refractivity contribution in [1.29, 1.82) is 0 Å². The van der Waals surface area contributed by atoms with Gasteiger partial charge in [0.05, 0.1) is 5.69 Å². The first kappa shape index (κ1) is 14.8. The minimum absolute atomic E-state index is 0.198. The largest absolute Gasteiger partial charge is 0.352 e. The van der Waals surface area contributed by atoms with Gasteiger partial charge in [0.15, 0.2) is 0 Å². The molecule has 0 atom stereocenters. The van der Waals surface area contributed by atoms with Crippen LogP contribution in [0.3, 0.4) is 0 Å². The van der Waals surface area contributed by atoms with Crippen LogP contribution in [0.15, 0.2) is 54.9 Å². The summed E-state index contributed by atoms with van der Waals surface area (Å²) in [5.74, 6) is -0.473. The predicted molar refractivity (Wildman–Crippen MR) is 81.6 cm³/mol. The van der Waals surface area contributed by atoms with Gasteiger partial charge in [0.25, 0.3) is 5.91 Å². The van der Waals surface area contributed by atoms with E-state index in [0.717, 1.165) is 5.56 Å². The Labute approximate surface area is 132 Å². The summed E-state index contributed by atoms with van der Waals surface area (Å²) in [5, 5.41) is 13.7. The molecule has 23 heavy (non-hydrogen) atoms. The lowest BCUT2D eigenvalue weighted by Crippen LogP contribution is -2.25. The molecule has 3 aromatic rings. The molecule has 1 amide bonds. The molecule has 0 spiro atoms. The van der Waals surface area contributed by atoms with Gasteiger partial charge in [0, 0.05) is 12.1 Å². The number of benzene rings is 2. The molecule has 0 bridgehead atoms. The van der Waals surface area contributed by atoms with Crippen LogP contribution in [0, 0.1) is 5.82 Å². The van der Waals surface area contributed by atoms with Crippen LogP contribution in [-0.4, -0.2) is 32.7 Å². The number of rotatable bonds is 5. The van der Waals surface area contributed by atoms with Crippen molar-refractivity contribution in [2.75, 3.05) is 6.54 Å². The molecule has 0 radical (unpaired) electrons. The minimum Gasteiger partial charge on any atom is -0.352 e. The minimum atomic E-state index is -0.275. The summed E-state index contributed by atoms with van der Waals surface area (Å²) in [6, 6.07) is 13.3. The second kappa shape index (κ2) is 6.78. The Morgan fingerprint density at radius 1 is 1.17 bits per heavy atom. The second-order valence-corrected chi connectivity index (χ2v) is 4.94. The van der Waals surface area contributed by atoms with Gasteiger partial charge in [0.2, 0.25) is 0 Å². The molecule has 0 fully saturated rings. The van der Waals surface area contributed by atoms with E-state index in [4.69, 9.17) is 0 Å². The van der Waals surface area contributed by atoms with Gasteiger partial charge in [-0.15, -0.1) is 5.10 Å². The Kier molecular flexibility index (Phi) is 4.37. The van der Waals surface area contributed by atoms with Crippen molar-refractivity contribution in [2.45, 2.75) is 6.42 Å². The molecule has 1 heterocycles. The Morgan fingerprint density at radius 3 is 2.83 bits per heavy atom. The van der Waals surface area contributed by atoms with Gasteiger partial charge in [0.1, 0.15) is 12.1 Å². The van der Waals surface area contributed by atoms with Crippen molar-refractivity contribution in [3.05, 3.63) is 71.8 Å². The van der Waals surface area contributed by atoms with Crippen molar-refractivity contribution in [3.63, 3.8) is 0 Å². The Morgan fingerprint density at radius 2 is 2.04 bits per heavy atom. The first-order chi connectivity index (χ1) is 11.2. The molecule has 0 saturated carbocycles. The Hall–Kier alpha value is -3.09. The third kappa shape index (κ3) is 3.76. The van der Waals surface area contributed by atoms with Gasteiger partial charge in [-0.1, -0.05) is 18.2 Å². The zero-order valence-electron chi connectivity index (χ0n) is 12.2. The highest BCUT2D eigenvalue weighted by molar-refractivity contribution is 5.94. The van der Waals surface area contributed by atoms with E-state index in [2.05, 4.69) is 20.8 Å². The first-order valence-corrected chi connectivity index (χ1v) is 7.08. The maximum Gasteiger partial charge on any atom is 0.251 e. The molecule has 0 aliphatic heterocycles. The van der Waals surface area contributed by atoms with Crippen LogP contribution >= 0.6 is 0 Å². The molecule has 0 unspecified atom stereocenters. The maximum atomic E-state index is 13.1. The fraction of sp³-hybridized carbons (Fsp3) is 0.125. The third-order valence-electron chi connectivity index (χ3n) is 3.31. The van der Waals surface area contributed by atoms with Crippen LogP contribution in [0.1, 0.15) is 15.9 Å². The Bertz CT molecular complexity index is 804. The van der Waals surface area contributed by atoms with E-state index in [1.54, 1.807) is 30.3 Å². The van der Waals surface area contributed by atoms with E-state index in [1.165, 1.54) is 23.1 Å². The summed E-state index contributed by atoms with van der Waals surface area (Å²) < 4.78 is 14.6. The molecule has 7 heteroatoms. The summed E-state index contributed by atoms with van der Waals surface area (Å²) in [4.78, 5) is 12.2. The van der Waals surface area contributed by atoms with Crippen LogP contribution in [-0.2, 0) is 6.42 Å². The summed E-state index contributed by atoms with van der Waals surface area (Å²) in [6.45, 7) is 0.428. The van der Waals surface area contributed by atoms with Gasteiger partial charge in [-0.2, -0.15) is 0 Å². The van der Waals surface area contributed by atoms with Crippen molar-refractivity contribution < 1.29 is 9.18 Å². The number of tetrazole rings is 1. The quantitative estimate of drug-likeness (QED) is 0.779. The monoisotopic (exact) mass is 311 g/mol. The van der Waals surface area contributed by atoms with E-state index in [0.29, 0.717) is 24.2 Å². The zero-order chi connectivity index (χ0) is 16.1. The summed E-state index contributed by atoms with van der Waals surface area (Å²) in [6.07, 6.45) is 2.02. The van der Waals surface area contributed by atoms with Gasteiger partial charge in [-0.05, 0) is 52.7 Å². The molecule has 116 valence electrons. The molecular weight excluding hydrogens is 297 g/mol. The highest BCUT2D eigenvalue weighted by atomic mass is 19.1. The fourth-order valence-corrected chi connectivity index (χ4v) is 2.18. The van der Waals surface area contributed by atoms with E-state index in [-0.39, 0.29) is 11.7 Å². The van der Waals surface area contributed by atoms with Crippen LogP contribution in [0.5, 0.6) is 0 Å². The molecular formula is C16H14FN5O. The molecule has 1 aromatic heterocycles. The standard InChI is InChI=1S/C16H14FN5O/c17-14-5-1-3-12(9-14)7-8-18-16(23)13-4-2-6-15(10-13)22-11-19-20-21-22/h1-6,9-11H,7-8H2,(H,18,23). The summed E-state index contributed by atoms with van der Waals surface area (Å²) in [7, 11) is 0. The molecule has 3 rings (SSSR count). The normalized spacial score (nSPS) is 10.5. The van der Waals surface area contributed by atoms with Gasteiger partial charge >= 0.3 is 0 Å². The van der Waals surface area contributed by atoms with E-state index >= 15 is 0 Å². The second-order valence-electron chi connectivity index (χ2n) is 4.94.